The second-order valence-electron chi connectivity index (χ2n) is 4.35. The Hall–Kier alpha value is -1.20. The standard InChI is InChI=1S/C10H15BO4/c1-10(2,3)7-5-4-6-8(9(7)12)15-11(13)14/h4-6,12-14H,1-3H3. The fourth-order valence-corrected chi connectivity index (χ4v) is 1.34. The molecule has 15 heavy (non-hydrogen) atoms. The van der Waals surface area contributed by atoms with E-state index in [0.29, 0.717) is 5.56 Å². The fraction of sp³-hybridized carbons (Fsp3) is 0.400. The number of benzene rings is 1. The summed E-state index contributed by atoms with van der Waals surface area (Å²) in [5.74, 6) is 0.00975. The minimum absolute atomic E-state index is 0.0573. The van der Waals surface area contributed by atoms with E-state index in [9.17, 15) is 5.11 Å². The first-order valence-electron chi connectivity index (χ1n) is 4.67. The van der Waals surface area contributed by atoms with Crippen LogP contribution in [0.4, 0.5) is 0 Å². The Morgan fingerprint density at radius 1 is 1.20 bits per heavy atom. The molecule has 1 aromatic carbocycles. The Labute approximate surface area is 89.3 Å². The molecule has 0 saturated carbocycles. The molecular weight excluding hydrogens is 195 g/mol. The van der Waals surface area contributed by atoms with Crippen LogP contribution in [0.5, 0.6) is 11.5 Å². The van der Waals surface area contributed by atoms with E-state index in [1.807, 2.05) is 20.8 Å². The zero-order chi connectivity index (χ0) is 11.6. The van der Waals surface area contributed by atoms with Crippen molar-refractivity contribution in [1.82, 2.24) is 0 Å². The Balaban J connectivity index is 3.12. The highest BCUT2D eigenvalue weighted by atomic mass is 16.6. The quantitative estimate of drug-likeness (QED) is 0.637. The second kappa shape index (κ2) is 4.12. The van der Waals surface area contributed by atoms with Crippen molar-refractivity contribution in [3.05, 3.63) is 23.8 Å². The first kappa shape index (κ1) is 11.9. The van der Waals surface area contributed by atoms with Crippen LogP contribution in [0.25, 0.3) is 0 Å². The second-order valence-corrected chi connectivity index (χ2v) is 4.35. The molecular formula is C10H15BO4. The molecule has 0 amide bonds. The Morgan fingerprint density at radius 3 is 2.27 bits per heavy atom. The van der Waals surface area contributed by atoms with Crippen molar-refractivity contribution in [3.8, 4) is 11.5 Å². The average Bonchev–Trinajstić information content (AvgIpc) is 2.05. The fourth-order valence-electron chi connectivity index (χ4n) is 1.34. The van der Waals surface area contributed by atoms with Crippen molar-refractivity contribution in [1.29, 1.82) is 0 Å². The molecule has 0 radical (unpaired) electrons. The number of aromatic hydroxyl groups is 1. The molecule has 3 N–H and O–H groups in total. The van der Waals surface area contributed by atoms with E-state index in [1.165, 1.54) is 6.07 Å². The van der Waals surface area contributed by atoms with Crippen LogP contribution in [0.2, 0.25) is 0 Å². The van der Waals surface area contributed by atoms with Gasteiger partial charge in [0.2, 0.25) is 0 Å². The third-order valence-electron chi connectivity index (χ3n) is 2.04. The van der Waals surface area contributed by atoms with Gasteiger partial charge >= 0.3 is 7.32 Å². The average molecular weight is 210 g/mol. The summed E-state index contributed by atoms with van der Waals surface area (Å²) in [7, 11) is -1.92. The minimum atomic E-state index is -1.92. The van der Waals surface area contributed by atoms with Crippen LogP contribution >= 0.6 is 0 Å². The third-order valence-corrected chi connectivity index (χ3v) is 2.04. The number of rotatable bonds is 2. The van der Waals surface area contributed by atoms with Crippen molar-refractivity contribution < 1.29 is 19.8 Å². The summed E-state index contributed by atoms with van der Waals surface area (Å²) in [6, 6.07) is 4.94. The summed E-state index contributed by atoms with van der Waals surface area (Å²) in [5, 5.41) is 27.1. The van der Waals surface area contributed by atoms with E-state index in [4.69, 9.17) is 10.0 Å². The lowest BCUT2D eigenvalue weighted by molar-refractivity contribution is 0.280. The molecule has 0 saturated heterocycles. The van der Waals surface area contributed by atoms with Gasteiger partial charge in [0, 0.05) is 5.56 Å². The highest BCUT2D eigenvalue weighted by molar-refractivity contribution is 6.33. The van der Waals surface area contributed by atoms with Crippen LogP contribution in [-0.4, -0.2) is 22.5 Å². The van der Waals surface area contributed by atoms with Crippen molar-refractivity contribution in [2.24, 2.45) is 0 Å². The van der Waals surface area contributed by atoms with Crippen molar-refractivity contribution >= 4 is 7.32 Å². The van der Waals surface area contributed by atoms with Gasteiger partial charge in [-0.25, -0.2) is 0 Å². The Kier molecular flexibility index (Phi) is 3.26. The lowest BCUT2D eigenvalue weighted by Crippen LogP contribution is -2.21. The van der Waals surface area contributed by atoms with Gasteiger partial charge in [-0.2, -0.15) is 0 Å². The van der Waals surface area contributed by atoms with Crippen LogP contribution in [0.15, 0.2) is 18.2 Å². The Bertz CT molecular complexity index is 344. The lowest BCUT2D eigenvalue weighted by Gasteiger charge is -2.21. The van der Waals surface area contributed by atoms with Gasteiger partial charge < -0.3 is 19.8 Å². The summed E-state index contributed by atoms with van der Waals surface area (Å²) < 4.78 is 4.64. The molecule has 0 spiro atoms. The first-order chi connectivity index (χ1) is 6.82. The normalized spacial score (nSPS) is 11.3. The van der Waals surface area contributed by atoms with Gasteiger partial charge in [-0.1, -0.05) is 32.9 Å². The summed E-state index contributed by atoms with van der Waals surface area (Å²) in [6.45, 7) is 5.84. The topological polar surface area (TPSA) is 69.9 Å². The molecule has 5 heteroatoms. The molecule has 82 valence electrons. The minimum Gasteiger partial charge on any atom is -0.509 e. The van der Waals surface area contributed by atoms with E-state index in [2.05, 4.69) is 4.65 Å². The molecule has 1 rings (SSSR count). The molecule has 0 unspecified atom stereocenters. The molecule has 1 aromatic rings. The number of hydrogen-bond donors (Lipinski definition) is 3. The summed E-state index contributed by atoms with van der Waals surface area (Å²) in [4.78, 5) is 0. The van der Waals surface area contributed by atoms with E-state index in [-0.39, 0.29) is 16.9 Å². The first-order valence-corrected chi connectivity index (χ1v) is 4.67. The van der Waals surface area contributed by atoms with Crippen LogP contribution in [0, 0.1) is 0 Å². The van der Waals surface area contributed by atoms with Crippen LogP contribution in [-0.2, 0) is 5.41 Å². The number of phenols is 1. The molecule has 0 bridgehead atoms. The van der Waals surface area contributed by atoms with Crippen LogP contribution < -0.4 is 4.65 Å². The molecule has 0 aliphatic heterocycles. The van der Waals surface area contributed by atoms with Gasteiger partial charge in [-0.3, -0.25) is 0 Å². The van der Waals surface area contributed by atoms with Gasteiger partial charge in [-0.05, 0) is 11.5 Å². The van der Waals surface area contributed by atoms with Crippen LogP contribution in [0.1, 0.15) is 26.3 Å². The zero-order valence-corrected chi connectivity index (χ0v) is 9.06. The largest absolute Gasteiger partial charge is 0.707 e. The molecule has 0 aliphatic carbocycles. The predicted octanol–water partition coefficient (Wildman–Crippen LogP) is 1.04. The van der Waals surface area contributed by atoms with E-state index < -0.39 is 7.32 Å². The summed E-state index contributed by atoms with van der Waals surface area (Å²) in [5.41, 5.74) is 0.463. The molecule has 0 heterocycles. The molecule has 4 nitrogen and oxygen atoms in total. The predicted molar refractivity (Wildman–Crippen MR) is 57.6 cm³/mol. The SMILES string of the molecule is CC(C)(C)c1cccc(OB(O)O)c1O. The molecule has 0 atom stereocenters. The summed E-state index contributed by atoms with van der Waals surface area (Å²) >= 11 is 0. The van der Waals surface area contributed by atoms with Crippen molar-refractivity contribution in [2.75, 3.05) is 0 Å². The summed E-state index contributed by atoms with van der Waals surface area (Å²) in [6.07, 6.45) is 0. The highest BCUT2D eigenvalue weighted by Crippen LogP contribution is 2.37. The number of phenolic OH excluding ortho intramolecular Hbond substituents is 1. The molecule has 0 aromatic heterocycles. The molecule has 0 fully saturated rings. The maximum Gasteiger partial charge on any atom is 0.707 e. The Morgan fingerprint density at radius 2 is 1.80 bits per heavy atom. The molecule has 0 aliphatic rings. The number of hydrogen-bond acceptors (Lipinski definition) is 4. The van der Waals surface area contributed by atoms with E-state index in [0.717, 1.165) is 0 Å². The maximum absolute atomic E-state index is 9.83. The van der Waals surface area contributed by atoms with Gasteiger partial charge in [0.1, 0.15) is 5.75 Å². The van der Waals surface area contributed by atoms with E-state index >= 15 is 0 Å². The van der Waals surface area contributed by atoms with Gasteiger partial charge in [0.15, 0.2) is 5.75 Å². The highest BCUT2D eigenvalue weighted by Gasteiger charge is 2.22. The number of para-hydroxylation sites is 1. The smallest absolute Gasteiger partial charge is 0.509 e. The third kappa shape index (κ3) is 2.87. The lowest BCUT2D eigenvalue weighted by atomic mass is 9.86. The van der Waals surface area contributed by atoms with Crippen molar-refractivity contribution in [2.45, 2.75) is 26.2 Å². The van der Waals surface area contributed by atoms with Gasteiger partial charge in [0.05, 0.1) is 0 Å². The van der Waals surface area contributed by atoms with Gasteiger partial charge in [0.25, 0.3) is 0 Å². The van der Waals surface area contributed by atoms with Gasteiger partial charge in [-0.15, -0.1) is 0 Å². The van der Waals surface area contributed by atoms with Crippen molar-refractivity contribution in [3.63, 3.8) is 0 Å². The van der Waals surface area contributed by atoms with E-state index in [1.54, 1.807) is 12.1 Å². The maximum atomic E-state index is 9.83. The zero-order valence-electron chi connectivity index (χ0n) is 9.06. The monoisotopic (exact) mass is 210 g/mol. The van der Waals surface area contributed by atoms with Crippen LogP contribution in [0.3, 0.4) is 0 Å².